The van der Waals surface area contributed by atoms with Gasteiger partial charge in [0, 0.05) is 11.1 Å². The third-order valence-electron chi connectivity index (χ3n) is 1.41. The summed E-state index contributed by atoms with van der Waals surface area (Å²) in [5, 5.41) is 8.98. The van der Waals surface area contributed by atoms with Gasteiger partial charge >= 0.3 is 5.97 Å². The minimum absolute atomic E-state index is 0.00921. The van der Waals surface area contributed by atoms with E-state index in [4.69, 9.17) is 16.7 Å². The van der Waals surface area contributed by atoms with E-state index in [1.807, 2.05) is 0 Å². The summed E-state index contributed by atoms with van der Waals surface area (Å²) in [6.45, 7) is 0.222. The smallest absolute Gasteiger partial charge is 0.336 e. The summed E-state index contributed by atoms with van der Waals surface area (Å²) in [5.74, 6) is -0.974. The van der Waals surface area contributed by atoms with E-state index in [9.17, 15) is 9.59 Å². The van der Waals surface area contributed by atoms with Crippen LogP contribution in [0.1, 0.15) is 10.4 Å². The van der Waals surface area contributed by atoms with Gasteiger partial charge in [0.05, 0.1) is 9.13 Å². The van der Waals surface area contributed by atoms with Gasteiger partial charge in [-0.1, -0.05) is 11.6 Å². The number of rotatable bonds is 3. The van der Waals surface area contributed by atoms with Crippen molar-refractivity contribution in [3.05, 3.63) is 26.3 Å². The van der Waals surface area contributed by atoms with E-state index in [1.54, 1.807) is 22.6 Å². The normalized spacial score (nSPS) is 9.57. The van der Waals surface area contributed by atoms with Crippen LogP contribution in [0.15, 0.2) is 12.1 Å². The number of halogens is 2. The summed E-state index contributed by atoms with van der Waals surface area (Å²) in [6.07, 6.45) is 0. The first-order valence-corrected chi connectivity index (χ1v) is 4.84. The van der Waals surface area contributed by atoms with E-state index in [0.717, 1.165) is 0 Å². The van der Waals surface area contributed by atoms with Gasteiger partial charge in [0.1, 0.15) is 5.75 Å². The maximum Gasteiger partial charge on any atom is 0.336 e. The number of benzene rings is 1. The standard InChI is InChI=1S/C8H4ClIO4/c9-4-1-5(8(12)13)7(10)6(2-4)14-3-11/h1-3H,(H,12,13). The van der Waals surface area contributed by atoms with Crippen molar-refractivity contribution in [2.24, 2.45) is 0 Å². The highest BCUT2D eigenvalue weighted by atomic mass is 127. The summed E-state index contributed by atoms with van der Waals surface area (Å²) < 4.78 is 4.91. The quantitative estimate of drug-likeness (QED) is 0.683. The molecule has 1 aromatic rings. The third-order valence-corrected chi connectivity index (χ3v) is 2.74. The Morgan fingerprint density at radius 3 is 2.71 bits per heavy atom. The molecule has 0 saturated carbocycles. The maximum absolute atomic E-state index is 10.7. The second-order valence-corrected chi connectivity index (χ2v) is 3.80. The molecule has 0 atom stereocenters. The molecule has 0 radical (unpaired) electrons. The molecule has 1 N–H and O–H groups in total. The Labute approximate surface area is 98.0 Å². The zero-order valence-corrected chi connectivity index (χ0v) is 9.57. The molecule has 74 valence electrons. The first kappa shape index (κ1) is 11.3. The van der Waals surface area contributed by atoms with Crippen molar-refractivity contribution in [3.8, 4) is 5.75 Å². The SMILES string of the molecule is O=COc1cc(Cl)cc(C(=O)O)c1I. The van der Waals surface area contributed by atoms with Gasteiger partial charge in [-0.05, 0) is 28.7 Å². The molecule has 0 spiro atoms. The lowest BCUT2D eigenvalue weighted by atomic mass is 10.2. The predicted molar refractivity (Wildman–Crippen MR) is 57.8 cm³/mol. The molecule has 1 aromatic carbocycles. The minimum atomic E-state index is -1.12. The van der Waals surface area contributed by atoms with Gasteiger partial charge in [-0.3, -0.25) is 4.79 Å². The topological polar surface area (TPSA) is 63.6 Å². The Hall–Kier alpha value is -0.820. The summed E-state index contributed by atoms with van der Waals surface area (Å²) in [6, 6.07) is 2.67. The van der Waals surface area contributed by atoms with Crippen molar-refractivity contribution in [3.63, 3.8) is 0 Å². The van der Waals surface area contributed by atoms with Crippen LogP contribution in [-0.4, -0.2) is 17.5 Å². The molecule has 0 aromatic heterocycles. The van der Waals surface area contributed by atoms with Crippen molar-refractivity contribution in [1.82, 2.24) is 0 Å². The fourth-order valence-corrected chi connectivity index (χ4v) is 1.73. The van der Waals surface area contributed by atoms with E-state index >= 15 is 0 Å². The van der Waals surface area contributed by atoms with Crippen LogP contribution in [-0.2, 0) is 4.79 Å². The van der Waals surface area contributed by atoms with E-state index in [0.29, 0.717) is 3.57 Å². The lowest BCUT2D eigenvalue weighted by Crippen LogP contribution is -2.02. The van der Waals surface area contributed by atoms with Gasteiger partial charge in [-0.15, -0.1) is 0 Å². The highest BCUT2D eigenvalue weighted by Crippen LogP contribution is 2.28. The molecule has 6 heteroatoms. The molecule has 0 aliphatic carbocycles. The maximum atomic E-state index is 10.7. The zero-order valence-electron chi connectivity index (χ0n) is 6.66. The van der Waals surface area contributed by atoms with Crippen LogP contribution in [0.25, 0.3) is 0 Å². The highest BCUT2D eigenvalue weighted by Gasteiger charge is 2.14. The molecule has 0 bridgehead atoms. The average molecular weight is 326 g/mol. The Bertz CT molecular complexity index is 391. The Balaban J connectivity index is 3.31. The second-order valence-electron chi connectivity index (χ2n) is 2.28. The van der Waals surface area contributed by atoms with E-state index in [1.165, 1.54) is 12.1 Å². The molecular formula is C8H4ClIO4. The molecule has 0 saturated heterocycles. The van der Waals surface area contributed by atoms with Crippen molar-refractivity contribution in [1.29, 1.82) is 0 Å². The number of aromatic carboxylic acids is 1. The van der Waals surface area contributed by atoms with Crippen molar-refractivity contribution in [2.45, 2.75) is 0 Å². The lowest BCUT2D eigenvalue weighted by Gasteiger charge is -2.05. The molecule has 1 rings (SSSR count). The van der Waals surface area contributed by atoms with Gasteiger partial charge in [-0.2, -0.15) is 0 Å². The summed E-state index contributed by atoms with van der Waals surface area (Å²) in [4.78, 5) is 20.8. The first-order valence-electron chi connectivity index (χ1n) is 3.39. The Morgan fingerprint density at radius 1 is 1.57 bits per heavy atom. The highest BCUT2D eigenvalue weighted by molar-refractivity contribution is 14.1. The van der Waals surface area contributed by atoms with E-state index in [2.05, 4.69) is 4.74 Å². The van der Waals surface area contributed by atoms with Gasteiger partial charge in [-0.25, -0.2) is 4.79 Å². The summed E-state index contributed by atoms with van der Waals surface area (Å²) in [7, 11) is 0. The fourth-order valence-electron chi connectivity index (χ4n) is 0.857. The van der Waals surface area contributed by atoms with Gasteiger partial charge in [0.2, 0.25) is 0 Å². The Morgan fingerprint density at radius 2 is 2.21 bits per heavy atom. The van der Waals surface area contributed by atoms with E-state index < -0.39 is 5.97 Å². The minimum Gasteiger partial charge on any atom is -0.478 e. The van der Waals surface area contributed by atoms with Gasteiger partial charge < -0.3 is 9.84 Å². The van der Waals surface area contributed by atoms with Gasteiger partial charge in [0.15, 0.2) is 0 Å². The predicted octanol–water partition coefficient (Wildman–Crippen LogP) is 2.18. The number of carboxylic acids is 1. The van der Waals surface area contributed by atoms with Gasteiger partial charge in [0.25, 0.3) is 6.47 Å². The Kier molecular flexibility index (Phi) is 3.70. The van der Waals surface area contributed by atoms with Crippen molar-refractivity contribution >= 4 is 46.6 Å². The molecule has 4 nitrogen and oxygen atoms in total. The number of ether oxygens (including phenoxy) is 1. The molecule has 0 amide bonds. The van der Waals surface area contributed by atoms with Crippen molar-refractivity contribution < 1.29 is 19.4 Å². The van der Waals surface area contributed by atoms with Crippen LogP contribution in [0, 0.1) is 3.57 Å². The van der Waals surface area contributed by atoms with Crippen molar-refractivity contribution in [2.75, 3.05) is 0 Å². The largest absolute Gasteiger partial charge is 0.478 e. The third kappa shape index (κ3) is 2.36. The zero-order chi connectivity index (χ0) is 10.7. The van der Waals surface area contributed by atoms with Crippen LogP contribution in [0.3, 0.4) is 0 Å². The van der Waals surface area contributed by atoms with Crippen LogP contribution in [0.5, 0.6) is 5.75 Å². The van der Waals surface area contributed by atoms with Crippen LogP contribution in [0.2, 0.25) is 5.02 Å². The number of hydrogen-bond donors (Lipinski definition) is 1. The summed E-state index contributed by atoms with van der Waals surface area (Å²) in [5.41, 5.74) is 0.00921. The van der Waals surface area contributed by atoms with Crippen LogP contribution >= 0.6 is 34.2 Å². The van der Waals surface area contributed by atoms with E-state index in [-0.39, 0.29) is 22.8 Å². The molecule has 0 unspecified atom stereocenters. The molecule has 0 fully saturated rings. The average Bonchev–Trinajstić information content (AvgIpc) is 2.10. The molecule has 14 heavy (non-hydrogen) atoms. The molecule has 0 aliphatic rings. The first-order chi connectivity index (χ1) is 6.56. The lowest BCUT2D eigenvalue weighted by molar-refractivity contribution is -0.120. The molecule has 0 heterocycles. The van der Waals surface area contributed by atoms with Crippen LogP contribution < -0.4 is 4.74 Å². The number of carbonyl (C=O) groups excluding carboxylic acids is 1. The molecule has 0 aliphatic heterocycles. The summed E-state index contributed by atoms with van der Waals surface area (Å²) >= 11 is 7.41. The van der Waals surface area contributed by atoms with Crippen LogP contribution in [0.4, 0.5) is 0 Å². The molecular weight excluding hydrogens is 322 g/mol. The number of carbonyl (C=O) groups is 2. The fraction of sp³-hybridized carbons (Fsp3) is 0. The number of hydrogen-bond acceptors (Lipinski definition) is 3. The number of carboxylic acid groups (broad SMARTS) is 1. The monoisotopic (exact) mass is 326 g/mol. The second kappa shape index (κ2) is 4.61.